The Morgan fingerprint density at radius 3 is 2.81 bits per heavy atom. The molecule has 11 heteroatoms. The number of H-pyrrole nitrogens is 1. The second-order valence-electron chi connectivity index (χ2n) is 6.56. The highest BCUT2D eigenvalue weighted by Gasteiger charge is 2.44. The molecule has 1 aromatic rings. The molecule has 1 saturated heterocycles. The molecule has 7 atom stereocenters. The van der Waals surface area contributed by atoms with Gasteiger partial charge in [0.05, 0.1) is 12.4 Å². The summed E-state index contributed by atoms with van der Waals surface area (Å²) >= 11 is 0. The third kappa shape index (κ3) is 5.94. The van der Waals surface area contributed by atoms with Crippen LogP contribution in [0.4, 0.5) is 0 Å². The average Bonchev–Trinajstić information content (AvgIpc) is 3.13. The molecule has 1 aromatic heterocycles. The van der Waals surface area contributed by atoms with Crippen molar-refractivity contribution in [3.8, 4) is 0 Å². The minimum atomic E-state index is -1.50. The maximum absolute atomic E-state index is 12.0. The molecule has 2 heterocycles. The van der Waals surface area contributed by atoms with E-state index in [1.54, 1.807) is 0 Å². The number of aliphatic hydroxyl groups is 4. The lowest BCUT2D eigenvalue weighted by molar-refractivity contribution is -0.260. The molecular formula is C16H28N4O7. The van der Waals surface area contributed by atoms with Gasteiger partial charge in [-0.15, -0.1) is 0 Å². The molecule has 0 saturated carbocycles. The highest BCUT2D eigenvalue weighted by atomic mass is 16.6. The highest BCUT2D eigenvalue weighted by Crippen LogP contribution is 2.21. The zero-order chi connectivity index (χ0) is 20.0. The van der Waals surface area contributed by atoms with E-state index in [0.29, 0.717) is 18.5 Å². The van der Waals surface area contributed by atoms with Gasteiger partial charge in [-0.25, -0.2) is 4.98 Å². The summed E-state index contributed by atoms with van der Waals surface area (Å²) in [7, 11) is 0. The number of imidazole rings is 1. The van der Waals surface area contributed by atoms with Crippen molar-refractivity contribution in [3.05, 3.63) is 18.2 Å². The highest BCUT2D eigenvalue weighted by molar-refractivity contribution is 5.75. The molecule has 1 aliphatic rings. The molecule has 0 aliphatic carbocycles. The molecule has 2 unspecified atom stereocenters. The molecule has 27 heavy (non-hydrogen) atoms. The van der Waals surface area contributed by atoms with Gasteiger partial charge in [0, 0.05) is 18.3 Å². The number of aromatic nitrogens is 2. The number of carbonyl (C=O) groups is 1. The number of carbonyl (C=O) groups excluding carboxylic acids is 1. The molecule has 11 nitrogen and oxygen atoms in total. The van der Waals surface area contributed by atoms with Crippen LogP contribution in [-0.2, 0) is 20.7 Å². The molecule has 1 aliphatic heterocycles. The Morgan fingerprint density at radius 1 is 1.44 bits per heavy atom. The van der Waals surface area contributed by atoms with E-state index in [9.17, 15) is 25.2 Å². The predicted octanol–water partition coefficient (Wildman–Crippen LogP) is -2.66. The van der Waals surface area contributed by atoms with Gasteiger partial charge in [0.25, 0.3) is 0 Å². The number of rotatable bonds is 9. The SMILES string of the molecule is CCCC(O)N[C@H]1C(O)O[C@H](COC(=O)[C@@H](N)Cc2cnc[nH]2)[C@@H](O)[C@@H]1O. The molecule has 0 spiro atoms. The van der Waals surface area contributed by atoms with Crippen molar-refractivity contribution in [1.29, 1.82) is 0 Å². The number of ether oxygens (including phenoxy) is 2. The number of nitrogens with two attached hydrogens (primary N) is 1. The fourth-order valence-electron chi connectivity index (χ4n) is 2.83. The minimum absolute atomic E-state index is 0.194. The number of nitrogens with zero attached hydrogens (tertiary/aromatic N) is 1. The second kappa shape index (κ2) is 10.1. The number of hydrogen-bond donors (Lipinski definition) is 7. The Morgan fingerprint density at radius 2 is 2.19 bits per heavy atom. The Kier molecular flexibility index (Phi) is 8.10. The lowest BCUT2D eigenvalue weighted by atomic mass is 9.96. The summed E-state index contributed by atoms with van der Waals surface area (Å²) in [5.41, 5.74) is 6.42. The van der Waals surface area contributed by atoms with Crippen LogP contribution < -0.4 is 11.1 Å². The summed E-state index contributed by atoms with van der Waals surface area (Å²) in [6.07, 6.45) is -2.18. The monoisotopic (exact) mass is 388 g/mol. The van der Waals surface area contributed by atoms with Crippen LogP contribution in [0.2, 0.25) is 0 Å². The van der Waals surface area contributed by atoms with Gasteiger partial charge in [-0.3, -0.25) is 10.1 Å². The standard InChI is InChI=1S/C16H28N4O7/c1-2-3-11(21)20-12-14(23)13(22)10(27-16(12)25)6-26-15(24)9(17)4-8-5-18-7-19-8/h5,7,9-14,16,20-23,25H,2-4,6,17H2,1H3,(H,18,19)/t9-,10+,11?,12+,13+,14+,16?/m0/s1. The predicted molar refractivity (Wildman–Crippen MR) is 92.0 cm³/mol. The van der Waals surface area contributed by atoms with Crippen LogP contribution in [0.15, 0.2) is 12.5 Å². The fourth-order valence-corrected chi connectivity index (χ4v) is 2.83. The number of aromatic amines is 1. The van der Waals surface area contributed by atoms with Crippen LogP contribution in [-0.4, -0.2) is 85.9 Å². The first-order chi connectivity index (χ1) is 12.8. The first-order valence-corrected chi connectivity index (χ1v) is 8.86. The van der Waals surface area contributed by atoms with Crippen LogP contribution in [0.1, 0.15) is 25.5 Å². The van der Waals surface area contributed by atoms with Crippen LogP contribution in [0, 0.1) is 0 Å². The van der Waals surface area contributed by atoms with E-state index in [2.05, 4.69) is 15.3 Å². The summed E-state index contributed by atoms with van der Waals surface area (Å²) in [5, 5.41) is 42.8. The third-order valence-electron chi connectivity index (χ3n) is 4.35. The molecule has 2 rings (SSSR count). The number of nitrogens with one attached hydrogen (secondary N) is 2. The molecule has 154 valence electrons. The summed E-state index contributed by atoms with van der Waals surface area (Å²) in [6, 6.07) is -2.03. The summed E-state index contributed by atoms with van der Waals surface area (Å²) < 4.78 is 10.3. The maximum atomic E-state index is 12.0. The van der Waals surface area contributed by atoms with Crippen LogP contribution >= 0.6 is 0 Å². The number of hydrogen-bond acceptors (Lipinski definition) is 10. The first-order valence-electron chi connectivity index (χ1n) is 8.86. The van der Waals surface area contributed by atoms with Gasteiger partial charge >= 0.3 is 5.97 Å². The van der Waals surface area contributed by atoms with E-state index in [4.69, 9.17) is 15.2 Å². The quantitative estimate of drug-likeness (QED) is 0.174. The Hall–Kier alpha value is -1.60. The van der Waals surface area contributed by atoms with Crippen molar-refractivity contribution >= 4 is 5.97 Å². The topological polar surface area (TPSA) is 183 Å². The van der Waals surface area contributed by atoms with Gasteiger partial charge in [-0.2, -0.15) is 0 Å². The number of aliphatic hydroxyl groups excluding tert-OH is 4. The third-order valence-corrected chi connectivity index (χ3v) is 4.35. The van der Waals surface area contributed by atoms with Gasteiger partial charge < -0.3 is 40.6 Å². The molecule has 0 bridgehead atoms. The molecule has 0 radical (unpaired) electrons. The van der Waals surface area contributed by atoms with E-state index >= 15 is 0 Å². The Bertz CT molecular complexity index is 573. The summed E-state index contributed by atoms with van der Waals surface area (Å²) in [4.78, 5) is 18.6. The van der Waals surface area contributed by atoms with Crippen molar-refractivity contribution in [2.24, 2.45) is 5.73 Å². The zero-order valence-electron chi connectivity index (χ0n) is 15.1. The summed E-state index contributed by atoms with van der Waals surface area (Å²) in [6.45, 7) is 1.47. The largest absolute Gasteiger partial charge is 0.462 e. The molecule has 8 N–H and O–H groups in total. The zero-order valence-corrected chi connectivity index (χ0v) is 15.1. The van der Waals surface area contributed by atoms with E-state index < -0.39 is 55.5 Å². The van der Waals surface area contributed by atoms with Gasteiger partial charge in [0.15, 0.2) is 6.29 Å². The van der Waals surface area contributed by atoms with Crippen molar-refractivity contribution in [3.63, 3.8) is 0 Å². The Labute approximate surface area is 156 Å². The maximum Gasteiger partial charge on any atom is 0.323 e. The first kappa shape index (κ1) is 21.7. The summed E-state index contributed by atoms with van der Waals surface area (Å²) in [5.74, 6) is -0.719. The van der Waals surface area contributed by atoms with Gasteiger partial charge in [0.2, 0.25) is 0 Å². The van der Waals surface area contributed by atoms with Gasteiger partial charge in [-0.05, 0) is 6.42 Å². The molecular weight excluding hydrogens is 360 g/mol. The lowest BCUT2D eigenvalue weighted by Gasteiger charge is -2.41. The van der Waals surface area contributed by atoms with Crippen molar-refractivity contribution in [2.45, 2.75) is 69.1 Å². The fraction of sp³-hybridized carbons (Fsp3) is 0.750. The van der Waals surface area contributed by atoms with Crippen molar-refractivity contribution in [2.75, 3.05) is 6.61 Å². The Balaban J connectivity index is 1.84. The molecule has 0 amide bonds. The second-order valence-corrected chi connectivity index (χ2v) is 6.56. The van der Waals surface area contributed by atoms with E-state index in [0.717, 1.165) is 0 Å². The number of esters is 1. The van der Waals surface area contributed by atoms with Gasteiger partial charge in [0.1, 0.15) is 37.2 Å². The van der Waals surface area contributed by atoms with Gasteiger partial charge in [-0.1, -0.05) is 13.3 Å². The minimum Gasteiger partial charge on any atom is -0.462 e. The smallest absolute Gasteiger partial charge is 0.323 e. The van der Waals surface area contributed by atoms with Crippen molar-refractivity contribution in [1.82, 2.24) is 15.3 Å². The van der Waals surface area contributed by atoms with Crippen LogP contribution in [0.5, 0.6) is 0 Å². The van der Waals surface area contributed by atoms with E-state index in [-0.39, 0.29) is 6.42 Å². The normalized spacial score (nSPS) is 30.7. The van der Waals surface area contributed by atoms with Crippen LogP contribution in [0.25, 0.3) is 0 Å². The molecule has 1 fully saturated rings. The van der Waals surface area contributed by atoms with Crippen molar-refractivity contribution < 1.29 is 34.7 Å². The van der Waals surface area contributed by atoms with Crippen LogP contribution in [0.3, 0.4) is 0 Å². The lowest BCUT2D eigenvalue weighted by Crippen LogP contribution is -2.65. The molecule has 0 aromatic carbocycles. The average molecular weight is 388 g/mol. The van der Waals surface area contributed by atoms with E-state index in [1.807, 2.05) is 6.92 Å². The van der Waals surface area contributed by atoms with E-state index in [1.165, 1.54) is 12.5 Å².